The van der Waals surface area contributed by atoms with Gasteiger partial charge in [0.15, 0.2) is 5.65 Å². The van der Waals surface area contributed by atoms with Crippen molar-refractivity contribution in [2.24, 2.45) is 0 Å². The molecule has 0 radical (unpaired) electrons. The molecule has 0 fully saturated rings. The van der Waals surface area contributed by atoms with Crippen molar-refractivity contribution in [2.45, 2.75) is 38.5 Å². The lowest BCUT2D eigenvalue weighted by molar-refractivity contribution is 0.660. The first-order valence-corrected chi connectivity index (χ1v) is 14.1. The summed E-state index contributed by atoms with van der Waals surface area (Å²) >= 11 is 0. The molecule has 192 valence electrons. The lowest BCUT2D eigenvalue weighted by Gasteiger charge is -2.22. The van der Waals surface area contributed by atoms with Gasteiger partial charge in [-0.25, -0.2) is 9.97 Å². The molecule has 8 rings (SSSR count). The zero-order valence-corrected chi connectivity index (χ0v) is 23.3. The van der Waals surface area contributed by atoms with Crippen molar-refractivity contribution in [3.05, 3.63) is 131 Å². The second-order valence-electron chi connectivity index (χ2n) is 12.3. The molecule has 0 spiro atoms. The molecule has 0 unspecified atom stereocenters. The van der Waals surface area contributed by atoms with Crippen LogP contribution in [-0.2, 0) is 10.8 Å². The maximum atomic E-state index is 5.08. The molecular formula is C38H30N2. The topological polar surface area (TPSA) is 25.8 Å². The Balaban J connectivity index is 1.20. The number of fused-ring (bicyclic) bond motifs is 7. The van der Waals surface area contributed by atoms with Gasteiger partial charge in [-0.1, -0.05) is 100 Å². The van der Waals surface area contributed by atoms with Crippen LogP contribution in [0.5, 0.6) is 0 Å². The summed E-state index contributed by atoms with van der Waals surface area (Å²) in [5.41, 5.74) is 15.7. The van der Waals surface area contributed by atoms with E-state index in [0.717, 1.165) is 33.5 Å². The Hall–Kier alpha value is -4.56. The highest BCUT2D eigenvalue weighted by atomic mass is 14.9. The molecule has 4 aromatic carbocycles. The SMILES string of the molecule is CC1(C)c2ccccc2-c2ccc(-c3ccc4ccc(-c5ccc6c(c5)C(C)(C)c5ccccc5-6)nc4n3)cc21. The van der Waals surface area contributed by atoms with Crippen LogP contribution in [-0.4, -0.2) is 9.97 Å². The van der Waals surface area contributed by atoms with Crippen molar-refractivity contribution in [1.29, 1.82) is 0 Å². The van der Waals surface area contributed by atoms with Crippen LogP contribution in [0.25, 0.3) is 55.8 Å². The van der Waals surface area contributed by atoms with Crippen molar-refractivity contribution >= 4 is 11.0 Å². The van der Waals surface area contributed by atoms with E-state index in [1.165, 1.54) is 44.5 Å². The third kappa shape index (κ3) is 3.17. The summed E-state index contributed by atoms with van der Waals surface area (Å²) in [5, 5.41) is 1.05. The first kappa shape index (κ1) is 23.3. The minimum atomic E-state index is -0.0365. The summed E-state index contributed by atoms with van der Waals surface area (Å²) in [5.74, 6) is 0. The van der Waals surface area contributed by atoms with E-state index >= 15 is 0 Å². The molecule has 2 aliphatic carbocycles. The van der Waals surface area contributed by atoms with Crippen molar-refractivity contribution in [1.82, 2.24) is 9.97 Å². The minimum Gasteiger partial charge on any atom is -0.228 e. The first-order valence-electron chi connectivity index (χ1n) is 14.1. The quantitative estimate of drug-likeness (QED) is 0.230. The predicted octanol–water partition coefficient (Wildman–Crippen LogP) is 9.58. The molecule has 2 aliphatic rings. The van der Waals surface area contributed by atoms with Gasteiger partial charge in [-0.05, 0) is 80.9 Å². The largest absolute Gasteiger partial charge is 0.228 e. The van der Waals surface area contributed by atoms with Crippen LogP contribution >= 0.6 is 0 Å². The van der Waals surface area contributed by atoms with Crippen molar-refractivity contribution in [2.75, 3.05) is 0 Å². The molecule has 2 nitrogen and oxygen atoms in total. The first-order chi connectivity index (χ1) is 19.3. The van der Waals surface area contributed by atoms with E-state index in [4.69, 9.17) is 9.97 Å². The predicted molar refractivity (Wildman–Crippen MR) is 166 cm³/mol. The highest BCUT2D eigenvalue weighted by Crippen LogP contribution is 2.50. The van der Waals surface area contributed by atoms with Crippen molar-refractivity contribution in [3.63, 3.8) is 0 Å². The van der Waals surface area contributed by atoms with E-state index < -0.39 is 0 Å². The second kappa shape index (κ2) is 7.99. The van der Waals surface area contributed by atoms with Gasteiger partial charge in [-0.2, -0.15) is 0 Å². The Morgan fingerprint density at radius 1 is 0.425 bits per heavy atom. The summed E-state index contributed by atoms with van der Waals surface area (Å²) < 4.78 is 0. The van der Waals surface area contributed by atoms with Gasteiger partial charge in [-0.15, -0.1) is 0 Å². The molecule has 0 bridgehead atoms. The molecule has 6 aromatic rings. The molecule has 40 heavy (non-hydrogen) atoms. The van der Waals surface area contributed by atoms with Crippen LogP contribution in [0.1, 0.15) is 49.9 Å². The van der Waals surface area contributed by atoms with Gasteiger partial charge < -0.3 is 0 Å². The molecule has 2 heterocycles. The average molecular weight is 515 g/mol. The summed E-state index contributed by atoms with van der Waals surface area (Å²) in [7, 11) is 0. The van der Waals surface area contributed by atoms with Crippen LogP contribution in [0, 0.1) is 0 Å². The number of aromatic nitrogens is 2. The van der Waals surface area contributed by atoms with Gasteiger partial charge in [-0.3, -0.25) is 0 Å². The number of nitrogens with zero attached hydrogens (tertiary/aromatic N) is 2. The Kier molecular flexibility index (Phi) is 4.66. The maximum absolute atomic E-state index is 5.08. The van der Waals surface area contributed by atoms with Crippen LogP contribution in [0.4, 0.5) is 0 Å². The van der Waals surface area contributed by atoms with Crippen LogP contribution in [0.15, 0.2) is 109 Å². The summed E-state index contributed by atoms with van der Waals surface area (Å²) in [6.07, 6.45) is 0. The van der Waals surface area contributed by atoms with Crippen molar-refractivity contribution < 1.29 is 0 Å². The Morgan fingerprint density at radius 2 is 0.850 bits per heavy atom. The van der Waals surface area contributed by atoms with E-state index in [9.17, 15) is 0 Å². The molecule has 0 saturated carbocycles. The van der Waals surface area contributed by atoms with E-state index in [0.29, 0.717) is 0 Å². The zero-order chi connectivity index (χ0) is 27.2. The van der Waals surface area contributed by atoms with Gasteiger partial charge >= 0.3 is 0 Å². The Morgan fingerprint density at radius 3 is 1.32 bits per heavy atom. The standard InChI is InChI=1S/C38H30N2/c1-37(2)30-11-7-5-9-26(30)28-17-13-24(21-32(28)37)34-19-15-23-16-20-35(40-36(23)39-34)25-14-18-29-27-10-6-8-12-31(27)38(3,4)33(29)22-25/h5-22H,1-4H3. The van der Waals surface area contributed by atoms with Gasteiger partial charge in [0.1, 0.15) is 0 Å². The zero-order valence-electron chi connectivity index (χ0n) is 23.3. The van der Waals surface area contributed by atoms with E-state index in [-0.39, 0.29) is 10.8 Å². The summed E-state index contributed by atoms with van der Waals surface area (Å²) in [4.78, 5) is 10.2. The van der Waals surface area contributed by atoms with E-state index in [1.54, 1.807) is 0 Å². The van der Waals surface area contributed by atoms with Gasteiger partial charge in [0.25, 0.3) is 0 Å². The number of rotatable bonds is 2. The smallest absolute Gasteiger partial charge is 0.160 e. The normalized spacial score (nSPS) is 15.4. The monoisotopic (exact) mass is 514 g/mol. The third-order valence-corrected chi connectivity index (χ3v) is 9.31. The minimum absolute atomic E-state index is 0.0365. The van der Waals surface area contributed by atoms with E-state index in [1.807, 2.05) is 0 Å². The fraction of sp³-hybridized carbons (Fsp3) is 0.158. The fourth-order valence-electron chi connectivity index (χ4n) is 7.05. The molecule has 0 aliphatic heterocycles. The molecule has 2 heteroatoms. The lowest BCUT2D eigenvalue weighted by atomic mass is 9.82. The molecule has 0 amide bonds. The number of hydrogen-bond donors (Lipinski definition) is 0. The third-order valence-electron chi connectivity index (χ3n) is 9.31. The van der Waals surface area contributed by atoms with Gasteiger partial charge in [0.2, 0.25) is 0 Å². The molecule has 0 atom stereocenters. The Bertz CT molecular complexity index is 1870. The number of benzene rings is 4. The summed E-state index contributed by atoms with van der Waals surface area (Å²) in [6.45, 7) is 9.28. The van der Waals surface area contributed by atoms with Crippen LogP contribution in [0.3, 0.4) is 0 Å². The molecule has 2 aromatic heterocycles. The summed E-state index contributed by atoms with van der Waals surface area (Å²) in [6, 6.07) is 39.6. The second-order valence-corrected chi connectivity index (χ2v) is 12.3. The number of hydrogen-bond acceptors (Lipinski definition) is 2. The highest BCUT2D eigenvalue weighted by molar-refractivity contribution is 5.86. The fourth-order valence-corrected chi connectivity index (χ4v) is 7.05. The van der Waals surface area contributed by atoms with Crippen LogP contribution in [0.2, 0.25) is 0 Å². The lowest BCUT2D eigenvalue weighted by Crippen LogP contribution is -2.14. The van der Waals surface area contributed by atoms with Gasteiger partial charge in [0.05, 0.1) is 11.4 Å². The Labute approximate surface area is 235 Å². The van der Waals surface area contributed by atoms with E-state index in [2.05, 4.69) is 137 Å². The van der Waals surface area contributed by atoms with Gasteiger partial charge in [0, 0.05) is 27.3 Å². The van der Waals surface area contributed by atoms with Crippen LogP contribution < -0.4 is 0 Å². The molecule has 0 N–H and O–H groups in total. The highest BCUT2D eigenvalue weighted by Gasteiger charge is 2.36. The molecule has 0 saturated heterocycles. The molecular weight excluding hydrogens is 484 g/mol. The number of pyridine rings is 2. The maximum Gasteiger partial charge on any atom is 0.160 e. The van der Waals surface area contributed by atoms with Crippen molar-refractivity contribution in [3.8, 4) is 44.8 Å². The average Bonchev–Trinajstić information content (AvgIpc) is 3.36.